The van der Waals surface area contributed by atoms with Crippen molar-refractivity contribution in [3.8, 4) is 0 Å². The molecule has 0 aromatic heterocycles. The van der Waals surface area contributed by atoms with Gasteiger partial charge in [0.1, 0.15) is 5.82 Å². The number of halogens is 2. The van der Waals surface area contributed by atoms with Gasteiger partial charge in [-0.05, 0) is 12.5 Å². The number of aliphatic hydroxyl groups is 1. The molecule has 1 aromatic carbocycles. The Labute approximate surface area is 81.5 Å². The number of hydrogen-bond acceptors (Lipinski definition) is 1. The lowest BCUT2D eigenvalue weighted by Crippen LogP contribution is -1.97. The molecule has 0 saturated heterocycles. The average Bonchev–Trinajstić information content (AvgIpc) is 2.10. The van der Waals surface area contributed by atoms with Crippen LogP contribution < -0.4 is 0 Å². The van der Waals surface area contributed by atoms with E-state index in [1.165, 1.54) is 12.1 Å². The SMILES string of the molecule is C=CCC(O)c1cccc(F)c1Cl. The lowest BCUT2D eigenvalue weighted by atomic mass is 10.1. The molecule has 0 heterocycles. The normalized spacial score (nSPS) is 12.5. The van der Waals surface area contributed by atoms with Gasteiger partial charge in [0.15, 0.2) is 0 Å². The second kappa shape index (κ2) is 4.40. The zero-order valence-corrected chi connectivity index (χ0v) is 7.76. The van der Waals surface area contributed by atoms with Gasteiger partial charge < -0.3 is 5.11 Å². The summed E-state index contributed by atoms with van der Waals surface area (Å²) in [6.45, 7) is 3.48. The lowest BCUT2D eigenvalue weighted by molar-refractivity contribution is 0.181. The first-order chi connectivity index (χ1) is 6.16. The molecule has 0 bridgehead atoms. The minimum Gasteiger partial charge on any atom is -0.388 e. The van der Waals surface area contributed by atoms with Crippen LogP contribution in [0.15, 0.2) is 30.9 Å². The van der Waals surface area contributed by atoms with Crippen LogP contribution in [0.3, 0.4) is 0 Å². The molecule has 0 spiro atoms. The highest BCUT2D eigenvalue weighted by atomic mass is 35.5. The fourth-order valence-corrected chi connectivity index (χ4v) is 1.31. The van der Waals surface area contributed by atoms with Gasteiger partial charge >= 0.3 is 0 Å². The summed E-state index contributed by atoms with van der Waals surface area (Å²) < 4.78 is 12.9. The summed E-state index contributed by atoms with van der Waals surface area (Å²) in [5.41, 5.74) is 0.404. The molecule has 1 nitrogen and oxygen atoms in total. The molecule has 0 aliphatic rings. The summed E-state index contributed by atoms with van der Waals surface area (Å²) in [7, 11) is 0. The fraction of sp³-hybridized carbons (Fsp3) is 0.200. The highest BCUT2D eigenvalue weighted by Gasteiger charge is 2.12. The van der Waals surface area contributed by atoms with E-state index in [4.69, 9.17) is 11.6 Å². The summed E-state index contributed by atoms with van der Waals surface area (Å²) in [6, 6.07) is 4.37. The Morgan fingerprint density at radius 3 is 2.92 bits per heavy atom. The molecule has 13 heavy (non-hydrogen) atoms. The summed E-state index contributed by atoms with van der Waals surface area (Å²) in [5, 5.41) is 9.49. The van der Waals surface area contributed by atoms with Crippen molar-refractivity contribution in [1.29, 1.82) is 0 Å². The topological polar surface area (TPSA) is 20.2 Å². The van der Waals surface area contributed by atoms with Crippen molar-refractivity contribution < 1.29 is 9.50 Å². The van der Waals surface area contributed by atoms with Gasteiger partial charge in [-0.15, -0.1) is 6.58 Å². The number of rotatable bonds is 3. The van der Waals surface area contributed by atoms with E-state index in [0.717, 1.165) is 0 Å². The number of aliphatic hydroxyl groups excluding tert-OH is 1. The smallest absolute Gasteiger partial charge is 0.142 e. The van der Waals surface area contributed by atoms with E-state index in [1.54, 1.807) is 12.1 Å². The summed E-state index contributed by atoms with van der Waals surface area (Å²) in [4.78, 5) is 0. The quantitative estimate of drug-likeness (QED) is 0.744. The van der Waals surface area contributed by atoms with Crippen molar-refractivity contribution in [3.05, 3.63) is 47.3 Å². The third-order valence-electron chi connectivity index (χ3n) is 1.73. The highest BCUT2D eigenvalue weighted by molar-refractivity contribution is 6.31. The van der Waals surface area contributed by atoms with Gasteiger partial charge in [0.25, 0.3) is 0 Å². The molecule has 3 heteroatoms. The second-order valence-corrected chi connectivity index (χ2v) is 3.06. The summed E-state index contributed by atoms with van der Waals surface area (Å²) in [5.74, 6) is -0.512. The summed E-state index contributed by atoms with van der Waals surface area (Å²) >= 11 is 5.65. The molecular weight excluding hydrogens is 191 g/mol. The van der Waals surface area contributed by atoms with Crippen molar-refractivity contribution in [1.82, 2.24) is 0 Å². The Morgan fingerprint density at radius 2 is 2.31 bits per heavy atom. The Morgan fingerprint density at radius 1 is 1.62 bits per heavy atom. The standard InChI is InChI=1S/C10H10ClFO/c1-2-4-9(13)7-5-3-6-8(12)10(7)11/h2-3,5-6,9,13H,1,4H2. The predicted octanol–water partition coefficient (Wildman–Crippen LogP) is 3.09. The van der Waals surface area contributed by atoms with E-state index < -0.39 is 11.9 Å². The molecule has 1 N–H and O–H groups in total. The monoisotopic (exact) mass is 200 g/mol. The first-order valence-corrected chi connectivity index (χ1v) is 4.27. The molecule has 0 aliphatic heterocycles. The van der Waals surface area contributed by atoms with Crippen molar-refractivity contribution in [2.24, 2.45) is 0 Å². The molecule has 1 unspecified atom stereocenters. The number of hydrogen-bond donors (Lipinski definition) is 1. The van der Waals surface area contributed by atoms with Gasteiger partial charge in [0, 0.05) is 5.56 Å². The lowest BCUT2D eigenvalue weighted by Gasteiger charge is -2.10. The van der Waals surface area contributed by atoms with Crippen molar-refractivity contribution in [3.63, 3.8) is 0 Å². The van der Waals surface area contributed by atoms with Gasteiger partial charge in [-0.3, -0.25) is 0 Å². The average molecular weight is 201 g/mol. The van der Waals surface area contributed by atoms with Crippen LogP contribution in [-0.4, -0.2) is 5.11 Å². The minimum absolute atomic E-state index is 0.0168. The fourth-order valence-electron chi connectivity index (χ4n) is 1.06. The predicted molar refractivity (Wildman–Crippen MR) is 51.2 cm³/mol. The van der Waals surface area contributed by atoms with Crippen molar-refractivity contribution >= 4 is 11.6 Å². The Kier molecular flexibility index (Phi) is 3.46. The van der Waals surface area contributed by atoms with Gasteiger partial charge in [0.05, 0.1) is 11.1 Å². The molecule has 0 radical (unpaired) electrons. The van der Waals surface area contributed by atoms with Crippen molar-refractivity contribution in [2.45, 2.75) is 12.5 Å². The zero-order valence-electron chi connectivity index (χ0n) is 7.00. The maximum absolute atomic E-state index is 12.9. The maximum Gasteiger partial charge on any atom is 0.142 e. The third-order valence-corrected chi connectivity index (χ3v) is 2.13. The van der Waals surface area contributed by atoms with Crippen LogP contribution in [0.1, 0.15) is 18.1 Å². The molecular formula is C10H10ClFO. The second-order valence-electron chi connectivity index (χ2n) is 2.68. The third kappa shape index (κ3) is 2.29. The largest absolute Gasteiger partial charge is 0.388 e. The Balaban J connectivity index is 3.00. The Hall–Kier alpha value is -0.860. The highest BCUT2D eigenvalue weighted by Crippen LogP contribution is 2.27. The van der Waals surface area contributed by atoms with Gasteiger partial charge in [-0.1, -0.05) is 29.8 Å². The van der Waals surface area contributed by atoms with Crippen LogP contribution in [0, 0.1) is 5.82 Å². The Bertz CT molecular complexity index is 312. The molecule has 0 aliphatic carbocycles. The van der Waals surface area contributed by atoms with E-state index in [2.05, 4.69) is 6.58 Å². The number of benzene rings is 1. The van der Waals surface area contributed by atoms with E-state index in [-0.39, 0.29) is 5.02 Å². The van der Waals surface area contributed by atoms with Crippen LogP contribution in [-0.2, 0) is 0 Å². The van der Waals surface area contributed by atoms with E-state index in [0.29, 0.717) is 12.0 Å². The van der Waals surface area contributed by atoms with Gasteiger partial charge in [-0.25, -0.2) is 4.39 Å². The van der Waals surface area contributed by atoms with Gasteiger partial charge in [-0.2, -0.15) is 0 Å². The first-order valence-electron chi connectivity index (χ1n) is 3.89. The van der Waals surface area contributed by atoms with Gasteiger partial charge in [0.2, 0.25) is 0 Å². The van der Waals surface area contributed by atoms with Crippen LogP contribution in [0.25, 0.3) is 0 Å². The molecule has 70 valence electrons. The molecule has 1 aromatic rings. The molecule has 0 saturated carbocycles. The van der Waals surface area contributed by atoms with Crippen LogP contribution in [0.5, 0.6) is 0 Å². The van der Waals surface area contributed by atoms with Crippen LogP contribution in [0.2, 0.25) is 5.02 Å². The van der Waals surface area contributed by atoms with Crippen molar-refractivity contribution in [2.75, 3.05) is 0 Å². The van der Waals surface area contributed by atoms with Crippen LogP contribution >= 0.6 is 11.6 Å². The molecule has 0 amide bonds. The zero-order chi connectivity index (χ0) is 9.84. The molecule has 1 rings (SSSR count). The molecule has 1 atom stereocenters. The molecule has 0 fully saturated rings. The van der Waals surface area contributed by atoms with E-state index in [1.807, 2.05) is 0 Å². The van der Waals surface area contributed by atoms with Crippen LogP contribution in [0.4, 0.5) is 4.39 Å². The van der Waals surface area contributed by atoms with E-state index in [9.17, 15) is 9.50 Å². The maximum atomic E-state index is 12.9. The minimum atomic E-state index is -0.777. The summed E-state index contributed by atoms with van der Waals surface area (Å²) in [6.07, 6.45) is 1.15. The van der Waals surface area contributed by atoms with E-state index >= 15 is 0 Å². The first kappa shape index (κ1) is 10.2.